The zero-order chi connectivity index (χ0) is 15.1. The molecule has 1 aromatic carbocycles. The lowest BCUT2D eigenvalue weighted by Gasteiger charge is -2.49. The number of rotatable bonds is 2. The molecule has 3 atom stereocenters. The molecule has 1 aromatic rings. The second-order valence-electron chi connectivity index (χ2n) is 8.09. The molecule has 0 unspecified atom stereocenters. The molecule has 4 rings (SSSR count). The van der Waals surface area contributed by atoms with Gasteiger partial charge in [0, 0.05) is 25.2 Å². The van der Waals surface area contributed by atoms with Gasteiger partial charge < -0.3 is 5.32 Å². The highest BCUT2D eigenvalue weighted by molar-refractivity contribution is 5.37. The number of nitrogens with zero attached hydrogens (tertiary/aromatic N) is 1. The molecule has 0 saturated carbocycles. The summed E-state index contributed by atoms with van der Waals surface area (Å²) in [6.07, 6.45) is 6.59. The van der Waals surface area contributed by atoms with Crippen molar-refractivity contribution in [1.29, 1.82) is 0 Å². The van der Waals surface area contributed by atoms with Crippen LogP contribution in [0.3, 0.4) is 0 Å². The van der Waals surface area contributed by atoms with Gasteiger partial charge in [0.15, 0.2) is 0 Å². The van der Waals surface area contributed by atoms with E-state index in [1.807, 2.05) is 0 Å². The first-order valence-corrected chi connectivity index (χ1v) is 9.30. The summed E-state index contributed by atoms with van der Waals surface area (Å²) in [6, 6.07) is 8.78. The van der Waals surface area contributed by atoms with Crippen LogP contribution in [0.5, 0.6) is 0 Å². The van der Waals surface area contributed by atoms with Gasteiger partial charge in [0.05, 0.1) is 0 Å². The Hall–Kier alpha value is -0.860. The van der Waals surface area contributed by atoms with Gasteiger partial charge in [-0.05, 0) is 67.2 Å². The third kappa shape index (κ3) is 2.72. The predicted molar refractivity (Wildman–Crippen MR) is 92.1 cm³/mol. The lowest BCUT2D eigenvalue weighted by Crippen LogP contribution is -2.54. The van der Waals surface area contributed by atoms with Gasteiger partial charge in [0.1, 0.15) is 0 Å². The molecule has 120 valence electrons. The van der Waals surface area contributed by atoms with Crippen molar-refractivity contribution in [3.8, 4) is 0 Å². The van der Waals surface area contributed by atoms with Gasteiger partial charge in [-0.2, -0.15) is 0 Å². The van der Waals surface area contributed by atoms with Gasteiger partial charge >= 0.3 is 0 Å². The monoisotopic (exact) mass is 298 g/mol. The Kier molecular flexibility index (Phi) is 4.00. The summed E-state index contributed by atoms with van der Waals surface area (Å²) in [5.41, 5.74) is 4.80. The highest BCUT2D eigenvalue weighted by Gasteiger charge is 2.39. The molecule has 2 heteroatoms. The van der Waals surface area contributed by atoms with E-state index < -0.39 is 0 Å². The van der Waals surface area contributed by atoms with Gasteiger partial charge in [-0.25, -0.2) is 0 Å². The fraction of sp³-hybridized carbons (Fsp3) is 0.700. The SMILES string of the molecule is CC(C)Cc1ccc2c(c1)CCN1C[C@H]3CCCN[C@H]3C[C@H]21. The zero-order valence-electron chi connectivity index (χ0n) is 14.1. The van der Waals surface area contributed by atoms with Crippen LogP contribution in [-0.4, -0.2) is 30.6 Å². The maximum absolute atomic E-state index is 3.80. The Morgan fingerprint density at radius 3 is 3.09 bits per heavy atom. The van der Waals surface area contributed by atoms with Crippen LogP contribution in [0, 0.1) is 11.8 Å². The molecule has 2 fully saturated rings. The van der Waals surface area contributed by atoms with E-state index in [9.17, 15) is 0 Å². The van der Waals surface area contributed by atoms with Crippen LogP contribution in [0.15, 0.2) is 18.2 Å². The Labute approximate surface area is 135 Å². The van der Waals surface area contributed by atoms with Gasteiger partial charge in [-0.15, -0.1) is 0 Å². The summed E-state index contributed by atoms with van der Waals surface area (Å²) in [6.45, 7) is 8.45. The molecule has 0 radical (unpaired) electrons. The molecule has 0 amide bonds. The quantitative estimate of drug-likeness (QED) is 0.898. The average molecular weight is 298 g/mol. The summed E-state index contributed by atoms with van der Waals surface area (Å²) in [7, 11) is 0. The highest BCUT2D eigenvalue weighted by Crippen LogP contribution is 2.40. The Balaban J connectivity index is 1.57. The van der Waals surface area contributed by atoms with Crippen molar-refractivity contribution in [1.82, 2.24) is 10.2 Å². The number of fused-ring (bicyclic) bond motifs is 4. The second kappa shape index (κ2) is 5.98. The number of nitrogens with one attached hydrogen (secondary N) is 1. The van der Waals surface area contributed by atoms with E-state index in [1.54, 1.807) is 11.1 Å². The summed E-state index contributed by atoms with van der Waals surface area (Å²) in [4.78, 5) is 2.78. The molecule has 3 aliphatic rings. The predicted octanol–water partition coefficient (Wildman–Crippen LogP) is 3.56. The number of benzene rings is 1. The zero-order valence-corrected chi connectivity index (χ0v) is 14.1. The molecular formula is C20H30N2. The third-order valence-electron chi connectivity index (χ3n) is 5.99. The summed E-state index contributed by atoms with van der Waals surface area (Å²) >= 11 is 0. The molecule has 1 N–H and O–H groups in total. The first-order valence-electron chi connectivity index (χ1n) is 9.30. The van der Waals surface area contributed by atoms with E-state index in [1.165, 1.54) is 57.3 Å². The van der Waals surface area contributed by atoms with Crippen molar-refractivity contribution in [3.63, 3.8) is 0 Å². The van der Waals surface area contributed by atoms with Crippen LogP contribution >= 0.6 is 0 Å². The standard InChI is InChI=1S/C20H30N2/c1-14(2)10-15-5-6-18-16(11-15)7-9-22-13-17-4-3-8-21-19(17)12-20(18)22/h5-6,11,14,17,19-21H,3-4,7-10,12-13H2,1-2H3/t17-,19+,20-/m1/s1. The second-order valence-corrected chi connectivity index (χ2v) is 8.09. The highest BCUT2D eigenvalue weighted by atomic mass is 15.2. The fourth-order valence-electron chi connectivity index (χ4n) is 4.97. The Morgan fingerprint density at radius 1 is 1.32 bits per heavy atom. The molecule has 3 heterocycles. The molecule has 0 aliphatic carbocycles. The fourth-order valence-corrected chi connectivity index (χ4v) is 4.97. The third-order valence-corrected chi connectivity index (χ3v) is 5.99. The van der Waals surface area contributed by atoms with Gasteiger partial charge in [-0.1, -0.05) is 32.0 Å². The van der Waals surface area contributed by atoms with Crippen molar-refractivity contribution in [2.75, 3.05) is 19.6 Å². The number of piperidine rings is 2. The molecule has 0 aromatic heterocycles. The number of hydrogen-bond donors (Lipinski definition) is 1. The number of hydrogen-bond acceptors (Lipinski definition) is 2. The van der Waals surface area contributed by atoms with Crippen molar-refractivity contribution < 1.29 is 0 Å². The summed E-state index contributed by atoms with van der Waals surface area (Å²) in [5, 5.41) is 3.80. The maximum Gasteiger partial charge on any atom is 0.0366 e. The lowest BCUT2D eigenvalue weighted by atomic mass is 9.77. The van der Waals surface area contributed by atoms with E-state index in [0.717, 1.165) is 17.9 Å². The lowest BCUT2D eigenvalue weighted by molar-refractivity contribution is 0.0552. The minimum Gasteiger partial charge on any atom is -0.314 e. The van der Waals surface area contributed by atoms with E-state index in [4.69, 9.17) is 0 Å². The maximum atomic E-state index is 3.80. The van der Waals surface area contributed by atoms with E-state index >= 15 is 0 Å². The van der Waals surface area contributed by atoms with Crippen LogP contribution in [0.2, 0.25) is 0 Å². The molecule has 22 heavy (non-hydrogen) atoms. The molecule has 3 aliphatic heterocycles. The van der Waals surface area contributed by atoms with Gasteiger partial charge in [0.25, 0.3) is 0 Å². The first kappa shape index (κ1) is 14.7. The van der Waals surface area contributed by atoms with E-state index in [2.05, 4.69) is 42.3 Å². The molecule has 0 spiro atoms. The van der Waals surface area contributed by atoms with E-state index in [0.29, 0.717) is 6.04 Å². The van der Waals surface area contributed by atoms with E-state index in [-0.39, 0.29) is 0 Å². The van der Waals surface area contributed by atoms with Gasteiger partial charge in [0.2, 0.25) is 0 Å². The van der Waals surface area contributed by atoms with Crippen LogP contribution in [0.1, 0.15) is 55.8 Å². The van der Waals surface area contributed by atoms with Crippen molar-refractivity contribution in [2.45, 2.75) is 58.0 Å². The molecule has 0 bridgehead atoms. The molecule has 2 saturated heterocycles. The topological polar surface area (TPSA) is 15.3 Å². The van der Waals surface area contributed by atoms with Crippen molar-refractivity contribution in [3.05, 3.63) is 34.9 Å². The van der Waals surface area contributed by atoms with Crippen LogP contribution in [-0.2, 0) is 12.8 Å². The Morgan fingerprint density at radius 2 is 2.23 bits per heavy atom. The van der Waals surface area contributed by atoms with Crippen LogP contribution in [0.25, 0.3) is 0 Å². The first-order chi connectivity index (χ1) is 10.7. The average Bonchev–Trinajstić information content (AvgIpc) is 2.52. The minimum absolute atomic E-state index is 0.670. The minimum atomic E-state index is 0.670. The van der Waals surface area contributed by atoms with Crippen LogP contribution in [0.4, 0.5) is 0 Å². The van der Waals surface area contributed by atoms with Gasteiger partial charge in [-0.3, -0.25) is 4.90 Å². The Bertz CT molecular complexity index is 537. The van der Waals surface area contributed by atoms with Crippen molar-refractivity contribution >= 4 is 0 Å². The summed E-state index contributed by atoms with van der Waals surface area (Å²) in [5.74, 6) is 1.65. The molecular weight excluding hydrogens is 268 g/mol. The summed E-state index contributed by atoms with van der Waals surface area (Å²) < 4.78 is 0. The smallest absolute Gasteiger partial charge is 0.0366 e. The van der Waals surface area contributed by atoms with Crippen molar-refractivity contribution in [2.24, 2.45) is 11.8 Å². The molecule has 2 nitrogen and oxygen atoms in total. The largest absolute Gasteiger partial charge is 0.314 e. The normalized spacial score (nSPS) is 31.5. The van der Waals surface area contributed by atoms with Crippen LogP contribution < -0.4 is 5.32 Å².